The van der Waals surface area contributed by atoms with Crippen LogP contribution >= 0.6 is 0 Å². The Labute approximate surface area is 86.5 Å². The molecular weight excluding hydrogens is 178 g/mol. The highest BCUT2D eigenvalue weighted by atomic mass is 16.5. The number of likely N-dealkylation sites (N-methyl/N-ethyl adjacent to an activating group) is 1. The summed E-state index contributed by atoms with van der Waals surface area (Å²) in [5.41, 5.74) is 0. The van der Waals surface area contributed by atoms with Gasteiger partial charge < -0.3 is 14.8 Å². The van der Waals surface area contributed by atoms with Gasteiger partial charge in [-0.25, -0.2) is 0 Å². The van der Waals surface area contributed by atoms with E-state index >= 15 is 0 Å². The molecule has 3 nitrogen and oxygen atoms in total. The fraction of sp³-hybridized carbons (Fsp3) is 0.818. The minimum absolute atomic E-state index is 0.321. The van der Waals surface area contributed by atoms with Gasteiger partial charge in [0.1, 0.15) is 5.76 Å². The van der Waals surface area contributed by atoms with Gasteiger partial charge in [0.05, 0.1) is 12.6 Å². The van der Waals surface area contributed by atoms with E-state index in [0.29, 0.717) is 6.04 Å². The third-order valence-corrected chi connectivity index (χ3v) is 2.41. The molecule has 1 atom stereocenters. The molecule has 0 bridgehead atoms. The summed E-state index contributed by atoms with van der Waals surface area (Å²) in [6, 6.07) is 0.321. The first-order chi connectivity index (χ1) is 6.88. The van der Waals surface area contributed by atoms with E-state index in [9.17, 15) is 0 Å². The number of nitrogens with one attached hydrogen (secondary N) is 1. The summed E-state index contributed by atoms with van der Waals surface area (Å²) in [6.45, 7) is 4.46. The summed E-state index contributed by atoms with van der Waals surface area (Å²) < 4.78 is 10.9. The first-order valence-electron chi connectivity index (χ1n) is 5.46. The zero-order valence-corrected chi connectivity index (χ0v) is 9.21. The number of rotatable bonds is 6. The summed E-state index contributed by atoms with van der Waals surface area (Å²) in [7, 11) is 1.97. The second kappa shape index (κ2) is 6.85. The van der Waals surface area contributed by atoms with E-state index in [1.807, 2.05) is 14.0 Å². The van der Waals surface area contributed by atoms with Crippen molar-refractivity contribution >= 4 is 0 Å². The molecule has 0 fully saturated rings. The Hall–Kier alpha value is -0.540. The fourth-order valence-corrected chi connectivity index (χ4v) is 1.59. The third kappa shape index (κ3) is 3.68. The van der Waals surface area contributed by atoms with Crippen LogP contribution in [0.4, 0.5) is 0 Å². The Morgan fingerprint density at radius 2 is 2.50 bits per heavy atom. The summed E-state index contributed by atoms with van der Waals surface area (Å²) in [4.78, 5) is 0. The quantitative estimate of drug-likeness (QED) is 0.660. The van der Waals surface area contributed by atoms with Crippen molar-refractivity contribution in [1.29, 1.82) is 0 Å². The second-order valence-corrected chi connectivity index (χ2v) is 3.42. The molecular formula is C11H21NO2. The van der Waals surface area contributed by atoms with Crippen LogP contribution in [-0.2, 0) is 9.47 Å². The molecule has 0 aliphatic carbocycles. The molecule has 0 aromatic carbocycles. The van der Waals surface area contributed by atoms with Crippen LogP contribution < -0.4 is 5.32 Å². The topological polar surface area (TPSA) is 30.5 Å². The van der Waals surface area contributed by atoms with E-state index in [1.165, 1.54) is 0 Å². The van der Waals surface area contributed by atoms with Crippen molar-refractivity contribution < 1.29 is 9.47 Å². The Morgan fingerprint density at radius 3 is 3.07 bits per heavy atom. The average molecular weight is 199 g/mol. The molecule has 1 N–H and O–H groups in total. The lowest BCUT2D eigenvalue weighted by atomic mass is 10.1. The van der Waals surface area contributed by atoms with E-state index < -0.39 is 0 Å². The second-order valence-electron chi connectivity index (χ2n) is 3.42. The molecule has 1 heterocycles. The van der Waals surface area contributed by atoms with Crippen LogP contribution in [0.25, 0.3) is 0 Å². The van der Waals surface area contributed by atoms with E-state index in [-0.39, 0.29) is 0 Å². The van der Waals surface area contributed by atoms with Crippen LogP contribution in [0.3, 0.4) is 0 Å². The van der Waals surface area contributed by atoms with Gasteiger partial charge in [0.2, 0.25) is 0 Å². The molecule has 0 aromatic rings. The van der Waals surface area contributed by atoms with Gasteiger partial charge in [-0.15, -0.1) is 0 Å². The molecule has 0 amide bonds. The van der Waals surface area contributed by atoms with Crippen LogP contribution in [0.1, 0.15) is 26.2 Å². The maximum absolute atomic E-state index is 5.60. The summed E-state index contributed by atoms with van der Waals surface area (Å²) in [5, 5.41) is 3.26. The van der Waals surface area contributed by atoms with Gasteiger partial charge in [-0.3, -0.25) is 0 Å². The van der Waals surface area contributed by atoms with Crippen molar-refractivity contribution in [2.75, 3.05) is 26.9 Å². The van der Waals surface area contributed by atoms with E-state index in [4.69, 9.17) is 9.47 Å². The summed E-state index contributed by atoms with van der Waals surface area (Å²) >= 11 is 0. The molecule has 14 heavy (non-hydrogen) atoms. The molecule has 1 aliphatic rings. The van der Waals surface area contributed by atoms with Crippen molar-refractivity contribution in [3.05, 3.63) is 11.8 Å². The number of hydrogen-bond acceptors (Lipinski definition) is 3. The van der Waals surface area contributed by atoms with E-state index in [1.54, 1.807) is 0 Å². The maximum atomic E-state index is 5.60. The van der Waals surface area contributed by atoms with Crippen molar-refractivity contribution in [3.8, 4) is 0 Å². The fourth-order valence-electron chi connectivity index (χ4n) is 1.59. The Kier molecular flexibility index (Phi) is 5.64. The predicted octanol–water partition coefficient (Wildman–Crippen LogP) is 1.70. The van der Waals surface area contributed by atoms with Crippen molar-refractivity contribution in [3.63, 3.8) is 0 Å². The van der Waals surface area contributed by atoms with Crippen LogP contribution in [0.15, 0.2) is 11.8 Å². The highest BCUT2D eigenvalue weighted by molar-refractivity contribution is 5.05. The van der Waals surface area contributed by atoms with Crippen LogP contribution in [0.5, 0.6) is 0 Å². The number of allylic oxidation sites excluding steroid dienone is 1. The molecule has 0 saturated carbocycles. The van der Waals surface area contributed by atoms with Crippen LogP contribution in [-0.4, -0.2) is 32.9 Å². The minimum atomic E-state index is 0.321. The van der Waals surface area contributed by atoms with Crippen molar-refractivity contribution in [2.24, 2.45) is 0 Å². The lowest BCUT2D eigenvalue weighted by Crippen LogP contribution is -2.31. The predicted molar refractivity (Wildman–Crippen MR) is 57.2 cm³/mol. The number of hydrogen-bond donors (Lipinski definition) is 1. The molecule has 82 valence electrons. The summed E-state index contributed by atoms with van der Waals surface area (Å²) in [6.07, 6.45) is 5.46. The van der Waals surface area contributed by atoms with Gasteiger partial charge in [0.15, 0.2) is 0 Å². The zero-order chi connectivity index (χ0) is 10.2. The lowest BCUT2D eigenvalue weighted by Gasteiger charge is -2.23. The van der Waals surface area contributed by atoms with Gasteiger partial charge in [0.25, 0.3) is 0 Å². The van der Waals surface area contributed by atoms with Crippen molar-refractivity contribution in [1.82, 2.24) is 5.32 Å². The Balaban J connectivity index is 2.32. The van der Waals surface area contributed by atoms with Crippen LogP contribution in [0.2, 0.25) is 0 Å². The Bertz CT molecular complexity index is 180. The minimum Gasteiger partial charge on any atom is -0.497 e. The normalized spacial score (nSPS) is 18.6. The molecule has 0 spiro atoms. The molecule has 1 rings (SSSR count). The molecule has 1 unspecified atom stereocenters. The third-order valence-electron chi connectivity index (χ3n) is 2.41. The highest BCUT2D eigenvalue weighted by Gasteiger charge is 2.15. The van der Waals surface area contributed by atoms with E-state index in [2.05, 4.69) is 11.4 Å². The first kappa shape index (κ1) is 11.5. The Morgan fingerprint density at radius 1 is 1.64 bits per heavy atom. The van der Waals surface area contributed by atoms with Gasteiger partial charge in [-0.05, 0) is 39.3 Å². The zero-order valence-electron chi connectivity index (χ0n) is 9.21. The standard InChI is InChI=1S/C11H21NO2/c1-3-13-9-7-10(12-2)11-6-4-5-8-14-11/h6,10,12H,3-5,7-9H2,1-2H3. The molecule has 3 heteroatoms. The molecule has 1 aliphatic heterocycles. The molecule has 0 saturated heterocycles. The van der Waals surface area contributed by atoms with Gasteiger partial charge >= 0.3 is 0 Å². The average Bonchev–Trinajstić information content (AvgIpc) is 2.26. The number of ether oxygens (including phenoxy) is 2. The van der Waals surface area contributed by atoms with Gasteiger partial charge in [0, 0.05) is 13.2 Å². The van der Waals surface area contributed by atoms with Crippen molar-refractivity contribution in [2.45, 2.75) is 32.2 Å². The maximum Gasteiger partial charge on any atom is 0.109 e. The van der Waals surface area contributed by atoms with Crippen LogP contribution in [0, 0.1) is 0 Å². The largest absolute Gasteiger partial charge is 0.497 e. The SMILES string of the molecule is CCOCCC(NC)C1=CCCCO1. The monoisotopic (exact) mass is 199 g/mol. The summed E-state index contributed by atoms with van der Waals surface area (Å²) in [5.74, 6) is 1.10. The van der Waals surface area contributed by atoms with E-state index in [0.717, 1.165) is 44.8 Å². The first-order valence-corrected chi connectivity index (χ1v) is 5.46. The highest BCUT2D eigenvalue weighted by Crippen LogP contribution is 2.15. The smallest absolute Gasteiger partial charge is 0.109 e. The molecule has 0 aromatic heterocycles. The van der Waals surface area contributed by atoms with Gasteiger partial charge in [-0.1, -0.05) is 0 Å². The van der Waals surface area contributed by atoms with Gasteiger partial charge in [-0.2, -0.15) is 0 Å². The molecule has 0 radical (unpaired) electrons. The lowest BCUT2D eigenvalue weighted by molar-refractivity contribution is 0.121.